The zero-order valence-corrected chi connectivity index (χ0v) is 29.1. The van der Waals surface area contributed by atoms with Crippen molar-refractivity contribution in [2.75, 3.05) is 18.4 Å². The largest absolute Gasteiger partial charge is 0.480 e. The van der Waals surface area contributed by atoms with E-state index in [0.717, 1.165) is 5.69 Å². The second-order valence-electron chi connectivity index (χ2n) is 13.4. The molecule has 2 aromatic rings. The third-order valence-corrected chi connectivity index (χ3v) is 7.01. The number of carbonyl (C=O) groups is 5. The van der Waals surface area contributed by atoms with Gasteiger partial charge in [0.25, 0.3) is 0 Å². The van der Waals surface area contributed by atoms with Crippen molar-refractivity contribution in [2.45, 2.75) is 78.4 Å². The van der Waals surface area contributed by atoms with Crippen LogP contribution in [0.1, 0.15) is 59.4 Å². The van der Waals surface area contributed by atoms with Crippen LogP contribution >= 0.6 is 0 Å². The fourth-order valence-corrected chi connectivity index (χ4v) is 4.70. The van der Waals surface area contributed by atoms with Crippen molar-refractivity contribution in [3.05, 3.63) is 60.2 Å². The zero-order chi connectivity index (χ0) is 37.3. The maximum absolute atomic E-state index is 13.2. The first kappa shape index (κ1) is 40.7. The molecule has 15 nitrogen and oxygen atoms in total. The average Bonchev–Trinajstić information content (AvgIpc) is 3.01. The summed E-state index contributed by atoms with van der Waals surface area (Å²) in [5.74, 6) is -3.84. The fourth-order valence-electron chi connectivity index (χ4n) is 4.70. The molecule has 0 saturated heterocycles. The normalized spacial score (nSPS) is 13.3. The molecule has 0 bridgehead atoms. The van der Waals surface area contributed by atoms with Crippen molar-refractivity contribution < 1.29 is 34.2 Å². The number of guanidine groups is 1. The highest BCUT2D eigenvalue weighted by Gasteiger charge is 2.28. The Kier molecular flexibility index (Phi) is 16.4. The molecule has 15 heteroatoms. The maximum Gasteiger partial charge on any atom is 0.327 e. The lowest BCUT2D eigenvalue weighted by Crippen LogP contribution is -2.53. The molecule has 0 aliphatic heterocycles. The SMILES string of the molecule is CC(C)CC(NC(=O)Cc1ccc(N=C(NC#N)Nc2ccccc2)cc1)C(=O)NC(CCNCC(NC(=O)CC(C)(C)C)C(=O)O)C(=O)O. The Morgan fingerprint density at radius 1 is 0.840 bits per heavy atom. The van der Waals surface area contributed by atoms with E-state index in [1.807, 2.05) is 71.1 Å². The Hall–Kier alpha value is -5.49. The van der Waals surface area contributed by atoms with Gasteiger partial charge in [0.2, 0.25) is 23.7 Å². The Morgan fingerprint density at radius 2 is 1.46 bits per heavy atom. The van der Waals surface area contributed by atoms with Gasteiger partial charge in [-0.05, 0) is 60.5 Å². The summed E-state index contributed by atoms with van der Waals surface area (Å²) in [6.45, 7) is 9.18. The molecule has 3 amide bonds. The van der Waals surface area contributed by atoms with Gasteiger partial charge in [-0.1, -0.05) is 65.0 Å². The fraction of sp³-hybridized carbons (Fsp3) is 0.457. The molecule has 50 heavy (non-hydrogen) atoms. The van der Waals surface area contributed by atoms with Crippen LogP contribution < -0.4 is 31.9 Å². The highest BCUT2D eigenvalue weighted by molar-refractivity contribution is 5.96. The van der Waals surface area contributed by atoms with E-state index in [4.69, 9.17) is 5.26 Å². The second kappa shape index (κ2) is 20.1. The first-order valence-corrected chi connectivity index (χ1v) is 16.3. The number of nitriles is 1. The van der Waals surface area contributed by atoms with Gasteiger partial charge in [0, 0.05) is 18.7 Å². The van der Waals surface area contributed by atoms with Crippen LogP contribution in [-0.2, 0) is 30.4 Å². The standard InChI is InChI=1S/C35H48N8O7/c1-22(2)17-27(31(46)43-26(32(47)48)15-16-37-20-28(33(49)50)42-30(45)19-35(3,4)5)41-29(44)18-23-11-13-25(14-12-23)40-34(38-21-36)39-24-9-7-6-8-10-24/h6-14,22,26-28,37H,15-20H2,1-5H3,(H,41,44)(H,42,45)(H,43,46)(H,47,48)(H,49,50)(H2,38,39,40). The number of aliphatic imine (C=N–C) groups is 1. The van der Waals surface area contributed by atoms with Crippen LogP contribution in [0, 0.1) is 22.8 Å². The van der Waals surface area contributed by atoms with Gasteiger partial charge in [-0.15, -0.1) is 0 Å². The number of benzene rings is 2. The van der Waals surface area contributed by atoms with Crippen molar-refractivity contribution in [1.82, 2.24) is 26.6 Å². The summed E-state index contributed by atoms with van der Waals surface area (Å²) in [5.41, 5.74) is 1.56. The number of hydrogen-bond donors (Lipinski definition) is 8. The number of hydrogen-bond acceptors (Lipinski definition) is 8. The van der Waals surface area contributed by atoms with Gasteiger partial charge in [0.1, 0.15) is 18.1 Å². The van der Waals surface area contributed by atoms with Crippen molar-refractivity contribution in [2.24, 2.45) is 16.3 Å². The van der Waals surface area contributed by atoms with Gasteiger partial charge < -0.3 is 36.8 Å². The highest BCUT2D eigenvalue weighted by atomic mass is 16.4. The summed E-state index contributed by atoms with van der Waals surface area (Å²) in [5, 5.41) is 44.3. The van der Waals surface area contributed by atoms with Crippen LogP contribution in [-0.4, -0.2) is 77.0 Å². The van der Waals surface area contributed by atoms with Crippen LogP contribution in [0.5, 0.6) is 0 Å². The first-order valence-electron chi connectivity index (χ1n) is 16.3. The molecule has 0 aliphatic carbocycles. The number of carboxylic acid groups (broad SMARTS) is 2. The minimum atomic E-state index is -1.31. The lowest BCUT2D eigenvalue weighted by atomic mass is 9.92. The molecule has 2 aromatic carbocycles. The first-order chi connectivity index (χ1) is 23.6. The summed E-state index contributed by atoms with van der Waals surface area (Å²) in [6.07, 6.45) is 2.10. The molecule has 0 aliphatic rings. The maximum atomic E-state index is 13.2. The van der Waals surface area contributed by atoms with E-state index < -0.39 is 47.8 Å². The minimum absolute atomic E-state index is 0.00435. The van der Waals surface area contributed by atoms with E-state index in [1.54, 1.807) is 24.3 Å². The lowest BCUT2D eigenvalue weighted by Gasteiger charge is -2.23. The summed E-state index contributed by atoms with van der Waals surface area (Å²) >= 11 is 0. The van der Waals surface area contributed by atoms with Crippen LogP contribution in [0.4, 0.5) is 11.4 Å². The number of nitrogens with zero attached hydrogens (tertiary/aromatic N) is 2. The number of para-hydroxylation sites is 1. The van der Waals surface area contributed by atoms with Crippen molar-refractivity contribution >= 4 is 47.0 Å². The third-order valence-electron chi connectivity index (χ3n) is 7.01. The summed E-state index contributed by atoms with van der Waals surface area (Å²) in [6, 6.07) is 12.4. The van der Waals surface area contributed by atoms with E-state index in [0.29, 0.717) is 11.3 Å². The predicted molar refractivity (Wildman–Crippen MR) is 188 cm³/mol. The van der Waals surface area contributed by atoms with E-state index in [-0.39, 0.29) is 56.1 Å². The summed E-state index contributed by atoms with van der Waals surface area (Å²) < 4.78 is 0. The molecule has 270 valence electrons. The van der Waals surface area contributed by atoms with Crippen LogP contribution in [0.25, 0.3) is 0 Å². The van der Waals surface area contributed by atoms with E-state index in [2.05, 4.69) is 36.9 Å². The van der Waals surface area contributed by atoms with Crippen LogP contribution in [0.3, 0.4) is 0 Å². The van der Waals surface area contributed by atoms with Crippen LogP contribution in [0.15, 0.2) is 59.6 Å². The van der Waals surface area contributed by atoms with Gasteiger partial charge in [-0.25, -0.2) is 14.6 Å². The van der Waals surface area contributed by atoms with Gasteiger partial charge in [-0.3, -0.25) is 19.7 Å². The molecule has 8 N–H and O–H groups in total. The molecular weight excluding hydrogens is 644 g/mol. The Labute approximate surface area is 292 Å². The Bertz CT molecular complexity index is 1520. The number of carboxylic acids is 2. The third kappa shape index (κ3) is 16.1. The monoisotopic (exact) mass is 692 g/mol. The number of anilines is 1. The van der Waals surface area contributed by atoms with Gasteiger partial charge in [0.15, 0.2) is 6.19 Å². The minimum Gasteiger partial charge on any atom is -0.480 e. The van der Waals surface area contributed by atoms with Crippen molar-refractivity contribution in [1.29, 1.82) is 5.26 Å². The molecular formula is C35H48N8O7. The summed E-state index contributed by atoms with van der Waals surface area (Å²) in [4.78, 5) is 66.4. The molecule has 0 fully saturated rings. The number of rotatable bonds is 18. The molecule has 0 radical (unpaired) electrons. The van der Waals surface area contributed by atoms with E-state index in [1.165, 1.54) is 0 Å². The van der Waals surface area contributed by atoms with E-state index in [9.17, 15) is 34.2 Å². The van der Waals surface area contributed by atoms with Crippen molar-refractivity contribution in [3.8, 4) is 6.19 Å². The molecule has 0 aromatic heterocycles. The molecule has 3 unspecified atom stereocenters. The number of carbonyl (C=O) groups excluding carboxylic acids is 3. The van der Waals surface area contributed by atoms with Crippen LogP contribution in [0.2, 0.25) is 0 Å². The molecule has 0 heterocycles. The Balaban J connectivity index is 1.97. The number of nitrogens with one attached hydrogen (secondary N) is 6. The molecule has 0 spiro atoms. The Morgan fingerprint density at radius 3 is 2.02 bits per heavy atom. The zero-order valence-electron chi connectivity index (χ0n) is 29.1. The number of aliphatic carboxylic acids is 2. The quantitative estimate of drug-likeness (QED) is 0.0372. The predicted octanol–water partition coefficient (Wildman–Crippen LogP) is 2.48. The van der Waals surface area contributed by atoms with Crippen molar-refractivity contribution in [3.63, 3.8) is 0 Å². The summed E-state index contributed by atoms with van der Waals surface area (Å²) in [7, 11) is 0. The topological polar surface area (TPSA) is 234 Å². The van der Waals surface area contributed by atoms with Gasteiger partial charge in [-0.2, -0.15) is 5.26 Å². The molecule has 2 rings (SSSR count). The van der Waals surface area contributed by atoms with E-state index >= 15 is 0 Å². The second-order valence-corrected chi connectivity index (χ2v) is 13.4. The molecule has 3 atom stereocenters. The number of amides is 3. The lowest BCUT2D eigenvalue weighted by molar-refractivity contribution is -0.143. The van der Waals surface area contributed by atoms with Gasteiger partial charge in [0.05, 0.1) is 12.1 Å². The molecule has 0 saturated carbocycles. The van der Waals surface area contributed by atoms with Gasteiger partial charge >= 0.3 is 11.9 Å². The average molecular weight is 693 g/mol. The highest BCUT2D eigenvalue weighted by Crippen LogP contribution is 2.18. The smallest absolute Gasteiger partial charge is 0.327 e.